The lowest BCUT2D eigenvalue weighted by molar-refractivity contribution is 0.300. The van der Waals surface area contributed by atoms with Crippen LogP contribution in [0.25, 0.3) is 10.9 Å². The molecule has 0 aliphatic carbocycles. The molecule has 0 saturated heterocycles. The Bertz CT molecular complexity index is 460. The molecule has 0 aliphatic heterocycles. The molecule has 3 heteroatoms. The van der Waals surface area contributed by atoms with Crippen LogP contribution in [0, 0.1) is 0 Å². The molecule has 2 aromatic rings. The molecule has 1 aromatic carbocycles. The molecule has 0 amide bonds. The van der Waals surface area contributed by atoms with Gasteiger partial charge in [-0.05, 0) is 30.2 Å². The molecule has 0 saturated carbocycles. The molecule has 0 atom stereocenters. The Hall–Kier alpha value is -1.48. The minimum atomic E-state index is 0.0166. The van der Waals surface area contributed by atoms with Crippen LogP contribution < -0.4 is 0 Å². The summed E-state index contributed by atoms with van der Waals surface area (Å²) in [6.07, 6.45) is 2.56. The molecular formula is C11H12NO2. The van der Waals surface area contributed by atoms with Gasteiger partial charge in [-0.3, -0.25) is 5.11 Å². The highest BCUT2D eigenvalue weighted by molar-refractivity contribution is 5.85. The van der Waals surface area contributed by atoms with Crippen molar-refractivity contribution in [2.24, 2.45) is 7.05 Å². The first kappa shape index (κ1) is 9.09. The Morgan fingerprint density at radius 1 is 1.43 bits per heavy atom. The molecule has 2 rings (SSSR count). The lowest BCUT2D eigenvalue weighted by Gasteiger charge is -1.95. The van der Waals surface area contributed by atoms with Crippen molar-refractivity contribution in [1.29, 1.82) is 0 Å². The second kappa shape index (κ2) is 3.35. The molecule has 0 fully saturated rings. The van der Waals surface area contributed by atoms with Crippen molar-refractivity contribution in [2.45, 2.75) is 6.42 Å². The number of hydrogen-bond acceptors (Lipinski definition) is 1. The van der Waals surface area contributed by atoms with Crippen LogP contribution in [-0.4, -0.2) is 16.3 Å². The SMILES string of the molecule is Cn1cc(CCO)c2cc([3O])ccc21. The van der Waals surface area contributed by atoms with Crippen molar-refractivity contribution in [2.75, 3.05) is 6.61 Å². The fraction of sp³-hybridized carbons (Fsp3) is 0.273. The third kappa shape index (κ3) is 1.36. The van der Waals surface area contributed by atoms with Gasteiger partial charge in [0.25, 0.3) is 0 Å². The highest BCUT2D eigenvalue weighted by Crippen LogP contribution is 2.25. The number of benzene rings is 1. The predicted molar refractivity (Wildman–Crippen MR) is 53.8 cm³/mol. The molecule has 0 unspecified atom stereocenters. The fourth-order valence-electron chi connectivity index (χ4n) is 1.77. The number of hydrogen-bond donors (Lipinski definition) is 1. The van der Waals surface area contributed by atoms with Gasteiger partial charge in [-0.2, -0.15) is 0 Å². The van der Waals surface area contributed by atoms with Gasteiger partial charge in [-0.1, -0.05) is 0 Å². The molecule has 73 valence electrons. The zero-order chi connectivity index (χ0) is 10.1. The summed E-state index contributed by atoms with van der Waals surface area (Å²) in [7, 11) is 1.94. The van der Waals surface area contributed by atoms with Crippen molar-refractivity contribution in [3.05, 3.63) is 30.0 Å². The normalized spacial score (nSPS) is 11.0. The van der Waals surface area contributed by atoms with E-state index in [1.165, 1.54) is 0 Å². The maximum absolute atomic E-state index is 11.2. The van der Waals surface area contributed by atoms with Crippen molar-refractivity contribution >= 4 is 10.9 Å². The predicted octanol–water partition coefficient (Wildman–Crippen LogP) is 1.86. The van der Waals surface area contributed by atoms with Crippen LogP contribution in [0.1, 0.15) is 5.56 Å². The summed E-state index contributed by atoms with van der Waals surface area (Å²) < 4.78 is 1.97. The zero-order valence-corrected chi connectivity index (χ0v) is 8.03. The molecule has 0 spiro atoms. The van der Waals surface area contributed by atoms with Crippen molar-refractivity contribution in [1.82, 2.24) is 4.57 Å². The third-order valence-corrected chi connectivity index (χ3v) is 2.42. The fourth-order valence-corrected chi connectivity index (χ4v) is 1.77. The first-order chi connectivity index (χ1) is 6.72. The van der Waals surface area contributed by atoms with E-state index in [0.29, 0.717) is 6.42 Å². The molecule has 1 N–H and O–H groups in total. The average Bonchev–Trinajstić information content (AvgIpc) is 2.44. The van der Waals surface area contributed by atoms with E-state index in [-0.39, 0.29) is 12.4 Å². The van der Waals surface area contributed by atoms with Gasteiger partial charge < -0.3 is 9.67 Å². The van der Waals surface area contributed by atoms with Gasteiger partial charge in [0, 0.05) is 30.8 Å². The number of fused-ring (bicyclic) bond motifs is 1. The third-order valence-electron chi connectivity index (χ3n) is 2.42. The number of aliphatic hydroxyl groups is 1. The topological polar surface area (TPSA) is 45.1 Å². The second-order valence-electron chi connectivity index (χ2n) is 3.42. The number of aryl methyl sites for hydroxylation is 1. The highest BCUT2D eigenvalue weighted by Gasteiger charge is 2.06. The van der Waals surface area contributed by atoms with Crippen molar-refractivity contribution in [3.8, 4) is 5.75 Å². The van der Waals surface area contributed by atoms with Gasteiger partial charge in [0.15, 0.2) is 5.75 Å². The Kier molecular flexibility index (Phi) is 2.17. The quantitative estimate of drug-likeness (QED) is 0.747. The van der Waals surface area contributed by atoms with Crippen molar-refractivity contribution < 1.29 is 10.2 Å². The summed E-state index contributed by atoms with van der Waals surface area (Å²) in [4.78, 5) is 0. The number of nitrogens with zero attached hydrogens (tertiary/aromatic N) is 1. The number of aromatic nitrogens is 1. The van der Waals surface area contributed by atoms with E-state index in [1.54, 1.807) is 12.1 Å². The Labute approximate surface area is 82.2 Å². The molecule has 1 heterocycles. The van der Waals surface area contributed by atoms with Gasteiger partial charge in [-0.15, -0.1) is 0 Å². The molecule has 14 heavy (non-hydrogen) atoms. The van der Waals surface area contributed by atoms with Crippen LogP contribution in [-0.2, 0) is 18.6 Å². The smallest absolute Gasteiger partial charge is 0.179 e. The maximum atomic E-state index is 11.2. The summed E-state index contributed by atoms with van der Waals surface area (Å²) in [6.45, 7) is 0.113. The first-order valence-electron chi connectivity index (χ1n) is 4.58. The van der Waals surface area contributed by atoms with Crippen molar-refractivity contribution in [3.63, 3.8) is 0 Å². The number of rotatable bonds is 2. The Morgan fingerprint density at radius 3 is 2.93 bits per heavy atom. The summed E-state index contributed by atoms with van der Waals surface area (Å²) >= 11 is 0. The van der Waals surface area contributed by atoms with Gasteiger partial charge in [0.2, 0.25) is 0 Å². The first-order valence-corrected chi connectivity index (χ1v) is 4.58. The highest BCUT2D eigenvalue weighted by atomic mass is 16.2. The molecule has 0 aliphatic rings. The lowest BCUT2D eigenvalue weighted by atomic mass is 2.89. The molecule has 1 aromatic heterocycles. The Morgan fingerprint density at radius 2 is 2.21 bits per heavy atom. The van der Waals surface area contributed by atoms with E-state index < -0.39 is 0 Å². The largest absolute Gasteiger partial charge is 0.396 e. The van der Waals surface area contributed by atoms with Gasteiger partial charge in [-0.25, -0.2) is 0 Å². The van der Waals surface area contributed by atoms with Crippen LogP contribution in [0.4, 0.5) is 0 Å². The van der Waals surface area contributed by atoms with Gasteiger partial charge in [0.1, 0.15) is 0 Å². The van der Waals surface area contributed by atoms with E-state index in [4.69, 9.17) is 5.11 Å². The summed E-state index contributed by atoms with van der Waals surface area (Å²) in [5.74, 6) is 0.0166. The van der Waals surface area contributed by atoms with Crippen LogP contribution in [0.2, 0.25) is 0 Å². The molecule has 3 nitrogen and oxygen atoms in total. The number of aliphatic hydroxyl groups excluding tert-OH is 1. The minimum absolute atomic E-state index is 0.0166. The summed E-state index contributed by atoms with van der Waals surface area (Å²) in [5.41, 5.74) is 2.07. The minimum Gasteiger partial charge on any atom is -0.396 e. The van der Waals surface area contributed by atoms with Gasteiger partial charge in [0.05, 0.1) is 0 Å². The van der Waals surface area contributed by atoms with Gasteiger partial charge >= 0.3 is 0 Å². The van der Waals surface area contributed by atoms with E-state index in [9.17, 15) is 5.11 Å². The average molecular weight is 177 g/mol. The second-order valence-corrected chi connectivity index (χ2v) is 3.42. The van der Waals surface area contributed by atoms with Crippen LogP contribution >= 0.6 is 0 Å². The van der Waals surface area contributed by atoms with E-state index in [2.05, 4.69) is 0 Å². The van der Waals surface area contributed by atoms with E-state index in [1.807, 2.05) is 23.9 Å². The van der Waals surface area contributed by atoms with E-state index >= 15 is 0 Å². The van der Waals surface area contributed by atoms with Crippen LogP contribution in [0.3, 0.4) is 0 Å². The lowest BCUT2D eigenvalue weighted by Crippen LogP contribution is -1.88. The van der Waals surface area contributed by atoms with Crippen LogP contribution in [0.5, 0.6) is 5.75 Å². The van der Waals surface area contributed by atoms with Crippen LogP contribution in [0.15, 0.2) is 24.4 Å². The standard InChI is InChI=1S/C11H12NO2/c1-12-7-8(4-5-13)10-6-9(14)2-3-11(10)12/h2-3,6-7,13H,4-5H2,1H3/i14-13. The Balaban J connectivity index is 2.66. The molecule has 0 bridgehead atoms. The zero-order valence-electron chi connectivity index (χ0n) is 8.03. The molecule has 1 radical (unpaired) electrons. The summed E-state index contributed by atoms with van der Waals surface area (Å²) in [5, 5.41) is 21.0. The summed E-state index contributed by atoms with van der Waals surface area (Å²) in [6, 6.07) is 5.00. The molecular weight excluding hydrogens is 165 g/mol. The maximum Gasteiger partial charge on any atom is 0.179 e. The van der Waals surface area contributed by atoms with E-state index in [0.717, 1.165) is 16.5 Å². The monoisotopic (exact) mass is 177 g/mol.